The van der Waals surface area contributed by atoms with E-state index in [1.54, 1.807) is 25.3 Å². The Kier molecular flexibility index (Phi) is 6.71. The van der Waals surface area contributed by atoms with Gasteiger partial charge < -0.3 is 24.4 Å². The second-order valence-corrected chi connectivity index (χ2v) is 13.9. The highest BCUT2D eigenvalue weighted by Crippen LogP contribution is 2.46. The maximum atomic E-state index is 17.2. The topological polar surface area (TPSA) is 84.9 Å². The largest absolute Gasteiger partial charge is 0.472 e. The van der Waals surface area contributed by atoms with E-state index in [9.17, 15) is 0 Å². The van der Waals surface area contributed by atoms with Gasteiger partial charge in [0.05, 0.1) is 23.2 Å². The van der Waals surface area contributed by atoms with E-state index in [4.69, 9.17) is 35.6 Å². The number of ether oxygens (including phenoxy) is 3. The van der Waals surface area contributed by atoms with Crippen LogP contribution in [-0.2, 0) is 4.74 Å². The van der Waals surface area contributed by atoms with Crippen LogP contribution in [0.1, 0.15) is 38.2 Å². The molecule has 0 saturated carbocycles. The first kappa shape index (κ1) is 29.7. The van der Waals surface area contributed by atoms with E-state index < -0.39 is 17.2 Å². The molecule has 5 aliphatic heterocycles. The number of nitrogens with one attached hydrogen (secondary N) is 1. The minimum absolute atomic E-state index is 0.0281. The molecule has 0 radical (unpaired) electrons. The molecule has 2 bridgehead atoms. The summed E-state index contributed by atoms with van der Waals surface area (Å²) in [6.45, 7) is 8.88. The normalized spacial score (nSPS) is 29.1. The Morgan fingerprint density at radius 1 is 1.15 bits per heavy atom. The number of hydrogen-bond donors (Lipinski definition) is 1. The third-order valence-electron chi connectivity index (χ3n) is 11.2. The average Bonchev–Trinajstić information content (AvgIpc) is 3.71. The van der Waals surface area contributed by atoms with Gasteiger partial charge in [0, 0.05) is 49.8 Å². The van der Waals surface area contributed by atoms with E-state index in [1.165, 1.54) is 6.07 Å². The first-order valence-corrected chi connectivity index (χ1v) is 16.7. The smallest absolute Gasteiger partial charge is 0.319 e. The third kappa shape index (κ3) is 4.22. The summed E-state index contributed by atoms with van der Waals surface area (Å²) in [4.78, 5) is 19.1. The predicted octanol–water partition coefficient (Wildman–Crippen LogP) is 4.99. The number of aromatic nitrogens is 3. The number of piperazine rings is 1. The fraction of sp³-hybridized carbons (Fsp3) is 0.432. The summed E-state index contributed by atoms with van der Waals surface area (Å²) in [6.07, 6.45) is 9.09. The molecule has 7 heterocycles. The molecule has 4 aromatic rings. The van der Waals surface area contributed by atoms with Crippen LogP contribution in [0, 0.1) is 24.0 Å². The molecule has 6 atom stereocenters. The molecule has 0 spiro atoms. The van der Waals surface area contributed by atoms with Crippen LogP contribution in [-0.4, -0.2) is 89.1 Å². The van der Waals surface area contributed by atoms with E-state index in [-0.39, 0.29) is 65.6 Å². The third-order valence-corrected chi connectivity index (χ3v) is 11.2. The van der Waals surface area contributed by atoms with Crippen molar-refractivity contribution < 1.29 is 23.0 Å². The van der Waals surface area contributed by atoms with Crippen LogP contribution >= 0.6 is 0 Å². The van der Waals surface area contributed by atoms with Crippen molar-refractivity contribution in [3.63, 3.8) is 0 Å². The van der Waals surface area contributed by atoms with Crippen molar-refractivity contribution in [3.8, 4) is 35.5 Å². The lowest BCUT2D eigenvalue weighted by molar-refractivity contribution is -0.0119. The Morgan fingerprint density at radius 2 is 2.02 bits per heavy atom. The summed E-state index contributed by atoms with van der Waals surface area (Å²) in [7, 11) is 1.73. The minimum atomic E-state index is -0.681. The molecule has 4 saturated heterocycles. The molecule has 9 rings (SSSR count). The van der Waals surface area contributed by atoms with E-state index >= 15 is 8.78 Å². The number of pyridine rings is 1. The zero-order valence-electron chi connectivity index (χ0n) is 26.9. The fourth-order valence-electron chi connectivity index (χ4n) is 9.18. The molecular formula is C37H36F2N6O3. The van der Waals surface area contributed by atoms with E-state index in [0.717, 1.165) is 44.3 Å². The molecule has 1 N–H and O–H groups in total. The van der Waals surface area contributed by atoms with Gasteiger partial charge in [0.2, 0.25) is 5.88 Å². The molecule has 0 aliphatic carbocycles. The molecule has 48 heavy (non-hydrogen) atoms. The Hall–Kier alpha value is -4.37. The summed E-state index contributed by atoms with van der Waals surface area (Å²) < 4.78 is 51.2. The molecule has 4 fully saturated rings. The highest BCUT2D eigenvalue weighted by Gasteiger charge is 2.54. The van der Waals surface area contributed by atoms with Crippen LogP contribution in [0.15, 0.2) is 42.5 Å². The van der Waals surface area contributed by atoms with E-state index in [0.29, 0.717) is 34.1 Å². The van der Waals surface area contributed by atoms with Crippen molar-refractivity contribution in [2.45, 2.75) is 68.5 Å². The summed E-state index contributed by atoms with van der Waals surface area (Å²) >= 11 is 0. The molecule has 11 heteroatoms. The van der Waals surface area contributed by atoms with Gasteiger partial charge in [-0.05, 0) is 44.1 Å². The van der Waals surface area contributed by atoms with Crippen molar-refractivity contribution in [1.82, 2.24) is 25.2 Å². The molecule has 0 amide bonds. The average molecular weight is 651 g/mol. The lowest BCUT2D eigenvalue weighted by atomic mass is 9.91. The molecular weight excluding hydrogens is 614 g/mol. The van der Waals surface area contributed by atoms with Gasteiger partial charge in [0.1, 0.15) is 40.9 Å². The zero-order valence-corrected chi connectivity index (χ0v) is 26.9. The van der Waals surface area contributed by atoms with Gasteiger partial charge in [-0.15, -0.1) is 6.42 Å². The van der Waals surface area contributed by atoms with Crippen molar-refractivity contribution in [2.24, 2.45) is 0 Å². The van der Waals surface area contributed by atoms with Gasteiger partial charge in [-0.25, -0.2) is 13.8 Å². The summed E-state index contributed by atoms with van der Waals surface area (Å²) in [5, 5.41) is 5.20. The highest BCUT2D eigenvalue weighted by molar-refractivity contribution is 6.03. The molecule has 2 aromatic carbocycles. The van der Waals surface area contributed by atoms with Crippen molar-refractivity contribution >= 4 is 27.5 Å². The van der Waals surface area contributed by atoms with Gasteiger partial charge in [0.25, 0.3) is 0 Å². The minimum Gasteiger partial charge on any atom is -0.472 e. The molecule has 5 aliphatic rings. The molecule has 2 aromatic heterocycles. The van der Waals surface area contributed by atoms with Gasteiger partial charge >= 0.3 is 6.01 Å². The lowest BCUT2D eigenvalue weighted by Gasteiger charge is -2.42. The number of rotatable bonds is 5. The number of nitrogens with zero attached hydrogens (tertiary/aromatic N) is 5. The Labute approximate surface area is 277 Å². The molecule has 0 unspecified atom stereocenters. The van der Waals surface area contributed by atoms with Gasteiger partial charge in [-0.3, -0.25) is 4.90 Å². The summed E-state index contributed by atoms with van der Waals surface area (Å²) in [6, 6.07) is 8.68. The first-order valence-electron chi connectivity index (χ1n) is 16.7. The van der Waals surface area contributed by atoms with Crippen LogP contribution in [0.25, 0.3) is 32.9 Å². The second-order valence-electron chi connectivity index (χ2n) is 13.9. The maximum absolute atomic E-state index is 17.2. The van der Waals surface area contributed by atoms with Crippen molar-refractivity contribution in [3.05, 3.63) is 59.7 Å². The zero-order chi connectivity index (χ0) is 32.9. The number of terminal acetylenes is 1. The molecule has 9 nitrogen and oxygen atoms in total. The summed E-state index contributed by atoms with van der Waals surface area (Å²) in [5.74, 6) is 1.99. The van der Waals surface area contributed by atoms with Crippen LogP contribution in [0.5, 0.6) is 11.9 Å². The van der Waals surface area contributed by atoms with Gasteiger partial charge in [-0.1, -0.05) is 42.3 Å². The van der Waals surface area contributed by atoms with Gasteiger partial charge in [-0.2, -0.15) is 9.97 Å². The van der Waals surface area contributed by atoms with Crippen LogP contribution in [0.2, 0.25) is 0 Å². The number of benzene rings is 2. The Bertz CT molecular complexity index is 2070. The number of fused-ring (bicyclic) bond motifs is 7. The van der Waals surface area contributed by atoms with Crippen molar-refractivity contribution in [1.29, 1.82) is 0 Å². The van der Waals surface area contributed by atoms with E-state index in [2.05, 4.69) is 27.6 Å². The number of methoxy groups -OCH3 is 1. The van der Waals surface area contributed by atoms with Crippen LogP contribution in [0.3, 0.4) is 0 Å². The maximum Gasteiger partial charge on any atom is 0.319 e. The first-order chi connectivity index (χ1) is 23.3. The Balaban J connectivity index is 1.25. The standard InChI is InChI=1S/C37H36F2N6O3/c1-5-23-25(38)11-9-21-7-6-8-24(28(21)23)31-30(39)32-29-34(45-17-22-10-12-26(40-22)33(45)20(3)48-35(29)41-31)43-36(42-32)47-18-37-15-19(2)16-44(37)14-13-27(37)46-4/h1,6-9,11,20,22,26-27,33,40H,2,10,12-18H2,3-4H3/t20-,22+,26-,27-,33+,37+/m0/s1. The van der Waals surface area contributed by atoms with Gasteiger partial charge in [0.15, 0.2) is 5.82 Å². The second kappa shape index (κ2) is 10.8. The van der Waals surface area contributed by atoms with E-state index in [1.807, 2.05) is 13.0 Å². The SMILES string of the molecule is C#Cc1c(F)ccc2cccc(-c3nc4c5c(nc(OC[C@@]67CC(=C)CN6CC[C@@H]7OC)nc5c3F)N3C[C@H]5CC[C@H](N5)[C@H]3[C@H](C)O4)c12. The van der Waals surface area contributed by atoms with Crippen molar-refractivity contribution in [2.75, 3.05) is 38.3 Å². The number of halogens is 2. The predicted molar refractivity (Wildman–Crippen MR) is 178 cm³/mol. The molecule has 246 valence electrons. The Morgan fingerprint density at radius 3 is 2.85 bits per heavy atom. The van der Waals surface area contributed by atoms with Crippen LogP contribution in [0.4, 0.5) is 14.6 Å². The fourth-order valence-corrected chi connectivity index (χ4v) is 9.18. The lowest BCUT2D eigenvalue weighted by Crippen LogP contribution is -2.62. The monoisotopic (exact) mass is 650 g/mol. The quantitative estimate of drug-likeness (QED) is 0.237. The number of hydrogen-bond acceptors (Lipinski definition) is 9. The van der Waals surface area contributed by atoms with Crippen LogP contribution < -0.4 is 19.7 Å². The highest BCUT2D eigenvalue weighted by atomic mass is 19.1. The number of anilines is 1. The summed E-state index contributed by atoms with van der Waals surface area (Å²) in [5.41, 5.74) is 1.12.